The van der Waals surface area contributed by atoms with Gasteiger partial charge in [-0.3, -0.25) is 4.79 Å². The third-order valence-electron chi connectivity index (χ3n) is 4.74. The maximum atomic E-state index is 12.4. The standard InChI is InChI=1S/C21H16ClN5O4/c1-12-16(10-27(25-12)15-5-3-14(22)4-6-15)19-24-21(31-26-19)20(28)23-9-13-2-7-17-18(8-13)30-11-29-17/h2-8,10H,9,11H2,1H3,(H,23,28). The Kier molecular flexibility index (Phi) is 4.79. The van der Waals surface area contributed by atoms with Gasteiger partial charge < -0.3 is 19.3 Å². The highest BCUT2D eigenvalue weighted by Crippen LogP contribution is 2.32. The van der Waals surface area contributed by atoms with E-state index in [-0.39, 0.29) is 25.1 Å². The third kappa shape index (κ3) is 3.82. The number of hydrogen-bond donors (Lipinski definition) is 1. The second kappa shape index (κ2) is 7.77. The number of nitrogens with one attached hydrogen (secondary N) is 1. The molecule has 3 heterocycles. The lowest BCUT2D eigenvalue weighted by Crippen LogP contribution is -2.23. The fourth-order valence-electron chi connectivity index (χ4n) is 3.14. The molecule has 2 aromatic carbocycles. The number of benzene rings is 2. The smallest absolute Gasteiger partial charge is 0.316 e. The minimum absolute atomic E-state index is 0.130. The van der Waals surface area contributed by atoms with Crippen molar-refractivity contribution in [1.29, 1.82) is 0 Å². The molecule has 5 rings (SSSR count). The summed E-state index contributed by atoms with van der Waals surface area (Å²) in [6.45, 7) is 2.31. The van der Waals surface area contributed by atoms with Gasteiger partial charge in [-0.15, -0.1) is 0 Å². The summed E-state index contributed by atoms with van der Waals surface area (Å²) in [7, 11) is 0. The quantitative estimate of drug-likeness (QED) is 0.509. The van der Waals surface area contributed by atoms with E-state index in [1.165, 1.54) is 0 Å². The lowest BCUT2D eigenvalue weighted by atomic mass is 10.2. The number of rotatable bonds is 5. The zero-order valence-electron chi connectivity index (χ0n) is 16.3. The van der Waals surface area contributed by atoms with Gasteiger partial charge in [-0.25, -0.2) is 4.68 Å². The van der Waals surface area contributed by atoms with Crippen molar-refractivity contribution < 1.29 is 18.8 Å². The minimum atomic E-state index is -0.473. The molecule has 0 spiro atoms. The SMILES string of the molecule is Cc1nn(-c2ccc(Cl)cc2)cc1-c1noc(C(=O)NCc2ccc3c(c2)OCO3)n1. The van der Waals surface area contributed by atoms with Gasteiger partial charge in [0.25, 0.3) is 0 Å². The molecule has 9 nitrogen and oxygen atoms in total. The Morgan fingerprint density at radius 3 is 2.81 bits per heavy atom. The van der Waals surface area contributed by atoms with Gasteiger partial charge in [-0.1, -0.05) is 22.8 Å². The highest BCUT2D eigenvalue weighted by molar-refractivity contribution is 6.30. The van der Waals surface area contributed by atoms with Gasteiger partial charge in [0.2, 0.25) is 12.6 Å². The van der Waals surface area contributed by atoms with Crippen molar-refractivity contribution in [2.75, 3.05) is 6.79 Å². The second-order valence-corrected chi connectivity index (χ2v) is 7.28. The number of nitrogens with zero attached hydrogens (tertiary/aromatic N) is 4. The highest BCUT2D eigenvalue weighted by Gasteiger charge is 2.20. The highest BCUT2D eigenvalue weighted by atomic mass is 35.5. The molecule has 2 aromatic heterocycles. The summed E-state index contributed by atoms with van der Waals surface area (Å²) in [5.74, 6) is 1.02. The zero-order valence-corrected chi connectivity index (χ0v) is 17.1. The van der Waals surface area contributed by atoms with Crippen LogP contribution in [0.25, 0.3) is 17.1 Å². The van der Waals surface area contributed by atoms with E-state index in [0.717, 1.165) is 11.3 Å². The average molecular weight is 438 g/mol. The molecule has 1 aliphatic rings. The molecule has 0 bridgehead atoms. The van der Waals surface area contributed by atoms with Crippen LogP contribution in [-0.2, 0) is 6.54 Å². The van der Waals surface area contributed by atoms with E-state index in [2.05, 4.69) is 20.6 Å². The first kappa shape index (κ1) is 19.1. The van der Waals surface area contributed by atoms with Gasteiger partial charge in [-0.05, 0) is 48.9 Å². The van der Waals surface area contributed by atoms with Crippen LogP contribution in [0.3, 0.4) is 0 Å². The summed E-state index contributed by atoms with van der Waals surface area (Å²) in [6, 6.07) is 12.7. The van der Waals surface area contributed by atoms with Gasteiger partial charge >= 0.3 is 11.8 Å². The lowest BCUT2D eigenvalue weighted by Gasteiger charge is -2.03. The molecule has 1 aliphatic heterocycles. The van der Waals surface area contributed by atoms with Crippen LogP contribution in [0.2, 0.25) is 5.02 Å². The van der Waals surface area contributed by atoms with Crippen LogP contribution in [0.5, 0.6) is 11.5 Å². The molecule has 0 unspecified atom stereocenters. The van der Waals surface area contributed by atoms with E-state index in [1.54, 1.807) is 29.1 Å². The Morgan fingerprint density at radius 2 is 1.97 bits per heavy atom. The Labute approximate surface area is 181 Å². The third-order valence-corrected chi connectivity index (χ3v) is 4.99. The van der Waals surface area contributed by atoms with Crippen LogP contribution in [0, 0.1) is 6.92 Å². The van der Waals surface area contributed by atoms with Gasteiger partial charge in [-0.2, -0.15) is 10.1 Å². The summed E-state index contributed by atoms with van der Waals surface area (Å²) in [4.78, 5) is 16.7. The number of hydrogen-bond acceptors (Lipinski definition) is 7. The largest absolute Gasteiger partial charge is 0.454 e. The number of halogens is 1. The Bertz CT molecular complexity index is 1270. The van der Waals surface area contributed by atoms with Gasteiger partial charge in [0.1, 0.15) is 0 Å². The minimum Gasteiger partial charge on any atom is -0.454 e. The molecule has 0 saturated carbocycles. The van der Waals surface area contributed by atoms with Crippen molar-refractivity contribution in [3.05, 3.63) is 70.8 Å². The van der Waals surface area contributed by atoms with Gasteiger partial charge in [0.05, 0.1) is 16.9 Å². The molecule has 0 aliphatic carbocycles. The van der Waals surface area contributed by atoms with Crippen LogP contribution < -0.4 is 14.8 Å². The van der Waals surface area contributed by atoms with Crippen LogP contribution >= 0.6 is 11.6 Å². The van der Waals surface area contributed by atoms with Crippen molar-refractivity contribution in [2.45, 2.75) is 13.5 Å². The Morgan fingerprint density at radius 1 is 1.16 bits per heavy atom. The van der Waals surface area contributed by atoms with Gasteiger partial charge in [0, 0.05) is 17.8 Å². The van der Waals surface area contributed by atoms with E-state index in [0.29, 0.717) is 27.8 Å². The van der Waals surface area contributed by atoms with Crippen molar-refractivity contribution >= 4 is 17.5 Å². The number of carbonyl (C=O) groups excluding carboxylic acids is 1. The Balaban J connectivity index is 1.29. The molecule has 4 aromatic rings. The normalized spacial score (nSPS) is 12.2. The monoisotopic (exact) mass is 437 g/mol. The number of amides is 1. The van der Waals surface area contributed by atoms with Gasteiger partial charge in [0.15, 0.2) is 11.5 Å². The van der Waals surface area contributed by atoms with E-state index in [1.807, 2.05) is 31.2 Å². The van der Waals surface area contributed by atoms with E-state index in [9.17, 15) is 4.79 Å². The van der Waals surface area contributed by atoms with Crippen molar-refractivity contribution in [1.82, 2.24) is 25.2 Å². The zero-order chi connectivity index (χ0) is 21.4. The molecule has 1 amide bonds. The van der Waals surface area contributed by atoms with Crippen molar-refractivity contribution in [3.8, 4) is 28.6 Å². The second-order valence-electron chi connectivity index (χ2n) is 6.84. The molecule has 0 radical (unpaired) electrons. The predicted octanol–water partition coefficient (Wildman–Crippen LogP) is 3.54. The predicted molar refractivity (Wildman–Crippen MR) is 110 cm³/mol. The molecular formula is C21H16ClN5O4. The van der Waals surface area contributed by atoms with Crippen molar-refractivity contribution in [2.24, 2.45) is 0 Å². The molecule has 156 valence electrons. The number of aromatic nitrogens is 4. The maximum absolute atomic E-state index is 12.4. The van der Waals surface area contributed by atoms with Crippen LogP contribution in [-0.4, -0.2) is 32.6 Å². The number of ether oxygens (including phenoxy) is 2. The molecule has 10 heteroatoms. The van der Waals surface area contributed by atoms with Crippen LogP contribution in [0.4, 0.5) is 0 Å². The number of carbonyl (C=O) groups is 1. The van der Waals surface area contributed by atoms with E-state index < -0.39 is 5.91 Å². The maximum Gasteiger partial charge on any atom is 0.316 e. The fourth-order valence-corrected chi connectivity index (χ4v) is 3.27. The first-order valence-electron chi connectivity index (χ1n) is 9.40. The summed E-state index contributed by atoms with van der Waals surface area (Å²) < 4.78 is 17.5. The summed E-state index contributed by atoms with van der Waals surface area (Å²) >= 11 is 5.94. The van der Waals surface area contributed by atoms with Crippen LogP contribution in [0.15, 0.2) is 53.2 Å². The summed E-state index contributed by atoms with van der Waals surface area (Å²) in [5.41, 5.74) is 3.05. The topological polar surface area (TPSA) is 104 Å². The van der Waals surface area contributed by atoms with Crippen molar-refractivity contribution in [3.63, 3.8) is 0 Å². The summed E-state index contributed by atoms with van der Waals surface area (Å²) in [6.07, 6.45) is 1.78. The first-order valence-corrected chi connectivity index (χ1v) is 9.77. The number of fused-ring (bicyclic) bond motifs is 1. The molecule has 1 N–H and O–H groups in total. The molecule has 0 fully saturated rings. The molecule has 0 atom stereocenters. The van der Waals surface area contributed by atoms with E-state index in [4.69, 9.17) is 25.6 Å². The Hall–Kier alpha value is -3.85. The molecule has 0 saturated heterocycles. The lowest BCUT2D eigenvalue weighted by molar-refractivity contribution is 0.0907. The van der Waals surface area contributed by atoms with Crippen LogP contribution in [0.1, 0.15) is 21.9 Å². The number of aryl methyl sites for hydroxylation is 1. The summed E-state index contributed by atoms with van der Waals surface area (Å²) in [5, 5.41) is 11.8. The first-order chi connectivity index (χ1) is 15.1. The molecule has 31 heavy (non-hydrogen) atoms. The molecular weight excluding hydrogens is 422 g/mol. The average Bonchev–Trinajstić information content (AvgIpc) is 3.51. The van der Waals surface area contributed by atoms with E-state index >= 15 is 0 Å². The fraction of sp³-hybridized carbons (Fsp3) is 0.143.